The number of rotatable bonds is 6. The second kappa shape index (κ2) is 9.05. The monoisotopic (exact) mass is 445 g/mol. The SMILES string of the molecule is C[C@H](NC(=O)c1ccccc1)C(=O)N1CCN(c2ccc(-c3noc(C4CC4)n3)cc2)CC1. The first-order chi connectivity index (χ1) is 16.1. The molecule has 1 aliphatic carbocycles. The van der Waals surface area contributed by atoms with Gasteiger partial charge in [-0.1, -0.05) is 23.4 Å². The summed E-state index contributed by atoms with van der Waals surface area (Å²) in [7, 11) is 0. The van der Waals surface area contributed by atoms with Crippen molar-refractivity contribution in [1.29, 1.82) is 0 Å². The van der Waals surface area contributed by atoms with Gasteiger partial charge in [-0.05, 0) is 56.2 Å². The molecule has 3 aromatic rings. The van der Waals surface area contributed by atoms with Crippen LogP contribution in [0, 0.1) is 0 Å². The van der Waals surface area contributed by atoms with E-state index in [4.69, 9.17) is 4.52 Å². The molecule has 8 heteroatoms. The zero-order valence-electron chi connectivity index (χ0n) is 18.6. The normalized spacial score (nSPS) is 17.0. The Morgan fingerprint density at radius 1 is 1.00 bits per heavy atom. The maximum atomic E-state index is 12.8. The van der Waals surface area contributed by atoms with Crippen LogP contribution in [0.2, 0.25) is 0 Å². The van der Waals surface area contributed by atoms with Crippen molar-refractivity contribution in [3.05, 3.63) is 66.1 Å². The minimum absolute atomic E-state index is 0.0575. The Kier molecular flexibility index (Phi) is 5.81. The molecular formula is C25H27N5O3. The molecule has 2 heterocycles. The highest BCUT2D eigenvalue weighted by molar-refractivity contribution is 5.97. The molecular weight excluding hydrogens is 418 g/mol. The lowest BCUT2D eigenvalue weighted by Crippen LogP contribution is -2.54. The van der Waals surface area contributed by atoms with Crippen molar-refractivity contribution in [1.82, 2.24) is 20.4 Å². The minimum Gasteiger partial charge on any atom is -0.368 e. The zero-order chi connectivity index (χ0) is 22.8. The van der Waals surface area contributed by atoms with Gasteiger partial charge in [-0.3, -0.25) is 9.59 Å². The van der Waals surface area contributed by atoms with Gasteiger partial charge in [0.1, 0.15) is 6.04 Å². The zero-order valence-corrected chi connectivity index (χ0v) is 18.6. The van der Waals surface area contributed by atoms with Crippen LogP contribution in [0.25, 0.3) is 11.4 Å². The first-order valence-corrected chi connectivity index (χ1v) is 11.4. The maximum absolute atomic E-state index is 12.8. The lowest BCUT2D eigenvalue weighted by atomic mass is 10.1. The van der Waals surface area contributed by atoms with Gasteiger partial charge < -0.3 is 19.6 Å². The number of anilines is 1. The molecule has 8 nitrogen and oxygen atoms in total. The molecule has 1 N–H and O–H groups in total. The standard InChI is InChI=1S/C25H27N5O3/c1-17(26-23(31)19-5-3-2-4-6-19)25(32)30-15-13-29(14-16-30)21-11-9-18(10-12-21)22-27-24(33-28-22)20-7-8-20/h2-6,9-12,17,20H,7-8,13-16H2,1H3,(H,26,31)/t17-/m0/s1. The average molecular weight is 446 g/mol. The predicted octanol–water partition coefficient (Wildman–Crippen LogP) is 3.08. The predicted molar refractivity (Wildman–Crippen MR) is 124 cm³/mol. The molecule has 2 aromatic carbocycles. The Morgan fingerprint density at radius 2 is 1.70 bits per heavy atom. The third-order valence-electron chi connectivity index (χ3n) is 6.20. The van der Waals surface area contributed by atoms with Crippen LogP contribution in [-0.4, -0.2) is 59.1 Å². The first-order valence-electron chi connectivity index (χ1n) is 11.4. The van der Waals surface area contributed by atoms with E-state index in [1.165, 1.54) is 0 Å². The van der Waals surface area contributed by atoms with Gasteiger partial charge in [0.05, 0.1) is 0 Å². The fourth-order valence-electron chi connectivity index (χ4n) is 4.06. The summed E-state index contributed by atoms with van der Waals surface area (Å²) in [6.45, 7) is 4.43. The Balaban J connectivity index is 1.14. The largest absolute Gasteiger partial charge is 0.368 e. The van der Waals surface area contributed by atoms with Gasteiger partial charge in [-0.15, -0.1) is 0 Å². The number of hydrogen-bond donors (Lipinski definition) is 1. The van der Waals surface area contributed by atoms with Gasteiger partial charge in [0.15, 0.2) is 0 Å². The molecule has 33 heavy (non-hydrogen) atoms. The molecule has 1 aliphatic heterocycles. The number of nitrogens with one attached hydrogen (secondary N) is 1. The fraction of sp³-hybridized carbons (Fsp3) is 0.360. The third kappa shape index (κ3) is 4.74. The summed E-state index contributed by atoms with van der Waals surface area (Å²) in [4.78, 5) is 33.8. The van der Waals surface area contributed by atoms with Crippen LogP contribution in [-0.2, 0) is 4.79 Å². The second-order valence-corrected chi connectivity index (χ2v) is 8.65. The van der Waals surface area contributed by atoms with Crippen LogP contribution in [0.4, 0.5) is 5.69 Å². The van der Waals surface area contributed by atoms with Gasteiger partial charge in [0.25, 0.3) is 5.91 Å². The Hall–Kier alpha value is -3.68. The highest BCUT2D eigenvalue weighted by Gasteiger charge is 2.30. The highest BCUT2D eigenvalue weighted by Crippen LogP contribution is 2.39. The molecule has 1 aromatic heterocycles. The lowest BCUT2D eigenvalue weighted by molar-refractivity contribution is -0.133. The summed E-state index contributed by atoms with van der Waals surface area (Å²) in [6.07, 6.45) is 2.26. The van der Waals surface area contributed by atoms with Gasteiger partial charge in [0, 0.05) is 48.9 Å². The summed E-state index contributed by atoms with van der Waals surface area (Å²) in [5.41, 5.74) is 2.59. The number of aromatic nitrogens is 2. The van der Waals surface area contributed by atoms with Gasteiger partial charge in [0.2, 0.25) is 17.6 Å². The molecule has 0 spiro atoms. The van der Waals surface area contributed by atoms with Crippen molar-refractivity contribution >= 4 is 17.5 Å². The molecule has 0 bridgehead atoms. The van der Waals surface area contributed by atoms with Crippen molar-refractivity contribution in [3.8, 4) is 11.4 Å². The smallest absolute Gasteiger partial charge is 0.251 e. The molecule has 2 aliphatic rings. The van der Waals surface area contributed by atoms with E-state index in [0.29, 0.717) is 30.4 Å². The van der Waals surface area contributed by atoms with Gasteiger partial charge in [-0.25, -0.2) is 0 Å². The number of hydrogen-bond acceptors (Lipinski definition) is 6. The average Bonchev–Trinajstić information content (AvgIpc) is 3.60. The van der Waals surface area contributed by atoms with Crippen LogP contribution in [0.15, 0.2) is 59.1 Å². The molecule has 170 valence electrons. The van der Waals surface area contributed by atoms with Crippen LogP contribution in [0.3, 0.4) is 0 Å². The van der Waals surface area contributed by atoms with E-state index in [-0.39, 0.29) is 11.8 Å². The summed E-state index contributed by atoms with van der Waals surface area (Å²) < 4.78 is 5.36. The van der Waals surface area contributed by atoms with Crippen molar-refractivity contribution < 1.29 is 14.1 Å². The Labute approximate surface area is 192 Å². The lowest BCUT2D eigenvalue weighted by Gasteiger charge is -2.37. The number of carbonyl (C=O) groups is 2. The van der Waals surface area contributed by atoms with Crippen LogP contribution in [0.1, 0.15) is 41.9 Å². The van der Waals surface area contributed by atoms with E-state index in [1.54, 1.807) is 31.2 Å². The number of nitrogens with zero attached hydrogens (tertiary/aromatic N) is 4. The third-order valence-corrected chi connectivity index (χ3v) is 6.20. The van der Waals surface area contributed by atoms with E-state index in [0.717, 1.165) is 43.1 Å². The van der Waals surface area contributed by atoms with E-state index in [1.807, 2.05) is 23.1 Å². The summed E-state index contributed by atoms with van der Waals surface area (Å²) in [5, 5.41) is 6.91. The number of amides is 2. The first kappa shape index (κ1) is 21.2. The molecule has 1 saturated carbocycles. The molecule has 0 unspecified atom stereocenters. The summed E-state index contributed by atoms with van der Waals surface area (Å²) in [5.74, 6) is 1.52. The van der Waals surface area contributed by atoms with Crippen molar-refractivity contribution in [3.63, 3.8) is 0 Å². The molecule has 2 fully saturated rings. The van der Waals surface area contributed by atoms with Gasteiger partial charge >= 0.3 is 0 Å². The molecule has 5 rings (SSSR count). The van der Waals surface area contributed by atoms with Crippen molar-refractivity contribution in [2.75, 3.05) is 31.1 Å². The quantitative estimate of drug-likeness (QED) is 0.627. The number of benzene rings is 2. The van der Waals surface area contributed by atoms with E-state index in [2.05, 4.69) is 32.5 Å². The van der Waals surface area contributed by atoms with Crippen LogP contribution < -0.4 is 10.2 Å². The number of carbonyl (C=O) groups excluding carboxylic acids is 2. The summed E-state index contributed by atoms with van der Waals surface area (Å²) in [6, 6.07) is 16.5. The topological polar surface area (TPSA) is 91.6 Å². The van der Waals surface area contributed by atoms with Crippen molar-refractivity contribution in [2.45, 2.75) is 31.7 Å². The number of piperazine rings is 1. The molecule has 1 saturated heterocycles. The molecule has 0 radical (unpaired) electrons. The Bertz CT molecular complexity index is 1120. The molecule has 1 atom stereocenters. The highest BCUT2D eigenvalue weighted by atomic mass is 16.5. The van der Waals surface area contributed by atoms with Gasteiger partial charge in [-0.2, -0.15) is 4.98 Å². The Morgan fingerprint density at radius 3 is 2.36 bits per heavy atom. The van der Waals surface area contributed by atoms with E-state index >= 15 is 0 Å². The van der Waals surface area contributed by atoms with Crippen LogP contribution in [0.5, 0.6) is 0 Å². The second-order valence-electron chi connectivity index (χ2n) is 8.65. The fourth-order valence-corrected chi connectivity index (χ4v) is 4.06. The van der Waals surface area contributed by atoms with E-state index in [9.17, 15) is 9.59 Å². The van der Waals surface area contributed by atoms with Crippen LogP contribution >= 0.6 is 0 Å². The molecule has 2 amide bonds. The maximum Gasteiger partial charge on any atom is 0.251 e. The minimum atomic E-state index is -0.570. The van der Waals surface area contributed by atoms with Crippen molar-refractivity contribution in [2.24, 2.45) is 0 Å². The van der Waals surface area contributed by atoms with E-state index < -0.39 is 6.04 Å². The summed E-state index contributed by atoms with van der Waals surface area (Å²) >= 11 is 0.